The number of para-hydroxylation sites is 1. The van der Waals surface area contributed by atoms with Gasteiger partial charge in [-0.1, -0.05) is 67.1 Å². The summed E-state index contributed by atoms with van der Waals surface area (Å²) in [6.07, 6.45) is 3.41. The zero-order valence-corrected chi connectivity index (χ0v) is 23.1. The van der Waals surface area contributed by atoms with Crippen molar-refractivity contribution < 1.29 is 24.3 Å². The van der Waals surface area contributed by atoms with E-state index >= 15 is 0 Å². The van der Waals surface area contributed by atoms with Crippen LogP contribution >= 0.6 is 0 Å². The first-order valence-corrected chi connectivity index (χ1v) is 14.5. The van der Waals surface area contributed by atoms with Gasteiger partial charge >= 0.3 is 0 Å². The molecule has 4 aliphatic rings. The van der Waals surface area contributed by atoms with Gasteiger partial charge in [-0.25, -0.2) is 4.90 Å². The predicted molar refractivity (Wildman–Crippen MR) is 154 cm³/mol. The topological polar surface area (TPSA) is 95.0 Å². The van der Waals surface area contributed by atoms with Gasteiger partial charge in [-0.3, -0.25) is 24.1 Å². The lowest BCUT2D eigenvalue weighted by molar-refractivity contribution is -0.140. The molecule has 0 radical (unpaired) electrons. The van der Waals surface area contributed by atoms with Crippen LogP contribution in [0, 0.1) is 29.1 Å². The molecule has 208 valence electrons. The highest BCUT2D eigenvalue weighted by Crippen LogP contribution is 2.65. The summed E-state index contributed by atoms with van der Waals surface area (Å²) in [5, 5.41) is 13.2. The van der Waals surface area contributed by atoms with Gasteiger partial charge in [0.15, 0.2) is 0 Å². The molecule has 6 unspecified atom stereocenters. The predicted octanol–water partition coefficient (Wildman–Crippen LogP) is 5.19. The second-order valence-electron chi connectivity index (χ2n) is 12.0. The number of rotatable bonds is 4. The molecule has 4 amide bonds. The van der Waals surface area contributed by atoms with Gasteiger partial charge in [-0.15, -0.1) is 0 Å². The standard InChI is InChI=1S/C34H32N2O5/c1-3-17-35-30(38)23-15-14-22-24(27(23)32(35)40)18-25-31(39)36(20-10-5-4-6-11-20)33(41)34(25,2)29(22)28-21-12-8-7-9-19(21)13-16-26(28)37/h4-14,16,23-25,27,29,37H,3,15,17-18H2,1-2H3. The van der Waals surface area contributed by atoms with E-state index in [0.29, 0.717) is 37.1 Å². The van der Waals surface area contributed by atoms with Gasteiger partial charge in [-0.05, 0) is 61.1 Å². The molecule has 7 nitrogen and oxygen atoms in total. The molecular formula is C34H32N2O5. The summed E-state index contributed by atoms with van der Waals surface area (Å²) >= 11 is 0. The maximum atomic E-state index is 14.5. The lowest BCUT2D eigenvalue weighted by Gasteiger charge is -2.49. The van der Waals surface area contributed by atoms with E-state index in [1.54, 1.807) is 30.3 Å². The second kappa shape index (κ2) is 9.13. The third kappa shape index (κ3) is 3.38. The molecule has 1 N–H and O–H groups in total. The fourth-order valence-electron chi connectivity index (χ4n) is 8.24. The van der Waals surface area contributed by atoms with Crippen molar-refractivity contribution >= 4 is 40.1 Å². The van der Waals surface area contributed by atoms with E-state index in [9.17, 15) is 24.3 Å². The van der Waals surface area contributed by atoms with Crippen molar-refractivity contribution in [3.05, 3.63) is 83.9 Å². The summed E-state index contributed by atoms with van der Waals surface area (Å²) in [5.74, 6) is -3.67. The number of imide groups is 2. The minimum absolute atomic E-state index is 0.0530. The number of aromatic hydroxyl groups is 1. The molecule has 3 fully saturated rings. The molecule has 3 aromatic carbocycles. The Morgan fingerprint density at radius 2 is 1.61 bits per heavy atom. The Labute approximate surface area is 238 Å². The fourth-order valence-corrected chi connectivity index (χ4v) is 8.24. The summed E-state index contributed by atoms with van der Waals surface area (Å²) in [4.78, 5) is 58.6. The first kappa shape index (κ1) is 25.7. The van der Waals surface area contributed by atoms with Gasteiger partial charge in [0.2, 0.25) is 23.6 Å². The first-order chi connectivity index (χ1) is 19.8. The highest BCUT2D eigenvalue weighted by Gasteiger charge is 2.68. The van der Waals surface area contributed by atoms with Crippen molar-refractivity contribution in [2.45, 2.75) is 39.0 Å². The van der Waals surface area contributed by atoms with Crippen LogP contribution in [0.5, 0.6) is 5.75 Å². The number of amides is 4. The number of phenols is 1. The molecule has 2 heterocycles. The molecule has 2 aliphatic carbocycles. The van der Waals surface area contributed by atoms with Crippen LogP contribution < -0.4 is 4.90 Å². The van der Waals surface area contributed by atoms with Crippen molar-refractivity contribution in [2.75, 3.05) is 11.4 Å². The summed E-state index contributed by atoms with van der Waals surface area (Å²) in [6, 6.07) is 20.2. The molecule has 7 heteroatoms. The number of phenolic OH excluding ortho intramolecular Hbond substituents is 1. The molecule has 41 heavy (non-hydrogen) atoms. The second-order valence-corrected chi connectivity index (χ2v) is 12.0. The summed E-state index contributed by atoms with van der Waals surface area (Å²) in [6.45, 7) is 4.17. The normalized spacial score (nSPS) is 30.9. The van der Waals surface area contributed by atoms with Crippen molar-refractivity contribution in [2.24, 2.45) is 29.1 Å². The van der Waals surface area contributed by atoms with E-state index in [1.807, 2.05) is 56.3 Å². The van der Waals surface area contributed by atoms with E-state index in [1.165, 1.54) is 9.80 Å². The molecule has 2 saturated heterocycles. The number of carbonyl (C=O) groups is 4. The summed E-state index contributed by atoms with van der Waals surface area (Å²) in [5.41, 5.74) is 0.795. The van der Waals surface area contributed by atoms with Crippen LogP contribution in [-0.2, 0) is 19.2 Å². The van der Waals surface area contributed by atoms with Crippen molar-refractivity contribution in [1.82, 2.24) is 4.90 Å². The van der Waals surface area contributed by atoms with Gasteiger partial charge in [0.25, 0.3) is 0 Å². The maximum Gasteiger partial charge on any atom is 0.241 e. The lowest BCUT2D eigenvalue weighted by atomic mass is 9.51. The Balaban J connectivity index is 1.46. The molecule has 0 bridgehead atoms. The van der Waals surface area contributed by atoms with E-state index in [0.717, 1.165) is 16.3 Å². The number of nitrogens with zero attached hydrogens (tertiary/aromatic N) is 2. The van der Waals surface area contributed by atoms with Gasteiger partial charge in [0, 0.05) is 18.0 Å². The number of hydrogen-bond acceptors (Lipinski definition) is 5. The third-order valence-corrected chi connectivity index (χ3v) is 10.1. The summed E-state index contributed by atoms with van der Waals surface area (Å²) in [7, 11) is 0. The van der Waals surface area contributed by atoms with Crippen molar-refractivity contribution in [1.29, 1.82) is 0 Å². The van der Waals surface area contributed by atoms with E-state index in [4.69, 9.17) is 0 Å². The minimum Gasteiger partial charge on any atom is -0.508 e. The van der Waals surface area contributed by atoms with Crippen LogP contribution in [0.1, 0.15) is 44.6 Å². The smallest absolute Gasteiger partial charge is 0.241 e. The molecule has 0 aromatic heterocycles. The molecule has 2 aliphatic heterocycles. The van der Waals surface area contributed by atoms with Gasteiger partial charge in [0.1, 0.15) is 5.75 Å². The number of anilines is 1. The molecule has 7 rings (SSSR count). The van der Waals surface area contributed by atoms with Gasteiger partial charge < -0.3 is 5.11 Å². The van der Waals surface area contributed by atoms with E-state index in [-0.39, 0.29) is 35.3 Å². The first-order valence-electron chi connectivity index (χ1n) is 14.5. The van der Waals surface area contributed by atoms with Crippen LogP contribution in [0.4, 0.5) is 5.69 Å². The highest BCUT2D eigenvalue weighted by atomic mass is 16.3. The average Bonchev–Trinajstić information content (AvgIpc) is 3.34. The van der Waals surface area contributed by atoms with Crippen molar-refractivity contribution in [3.8, 4) is 5.75 Å². The quantitative estimate of drug-likeness (QED) is 0.358. The fraction of sp³-hybridized carbons (Fsp3) is 0.353. The Morgan fingerprint density at radius 1 is 0.878 bits per heavy atom. The largest absolute Gasteiger partial charge is 0.508 e. The molecule has 0 spiro atoms. The molecule has 6 atom stereocenters. The summed E-state index contributed by atoms with van der Waals surface area (Å²) < 4.78 is 0. The Hall–Kier alpha value is -4.26. The molecule has 3 aromatic rings. The number of likely N-dealkylation sites (tertiary alicyclic amines) is 1. The highest BCUT2D eigenvalue weighted by molar-refractivity contribution is 6.24. The van der Waals surface area contributed by atoms with E-state index in [2.05, 4.69) is 0 Å². The SMILES string of the molecule is CCCN1C(=O)C2CC=C3C(CC4C(=O)N(c5ccccc5)C(=O)C4(C)C3c3c(O)ccc4ccccc34)C2C1=O. The number of allylic oxidation sites excluding steroid dienone is 2. The van der Waals surface area contributed by atoms with Crippen LogP contribution in [0.25, 0.3) is 10.8 Å². The third-order valence-electron chi connectivity index (χ3n) is 10.1. The zero-order chi connectivity index (χ0) is 28.6. The van der Waals surface area contributed by atoms with Crippen molar-refractivity contribution in [3.63, 3.8) is 0 Å². The Kier molecular flexibility index (Phi) is 5.72. The lowest BCUT2D eigenvalue weighted by Crippen LogP contribution is -2.49. The maximum absolute atomic E-state index is 14.5. The molecular weight excluding hydrogens is 516 g/mol. The monoisotopic (exact) mass is 548 g/mol. The van der Waals surface area contributed by atoms with Crippen LogP contribution in [0.2, 0.25) is 0 Å². The van der Waals surface area contributed by atoms with Gasteiger partial charge in [-0.2, -0.15) is 0 Å². The Morgan fingerprint density at radius 3 is 2.37 bits per heavy atom. The van der Waals surface area contributed by atoms with Crippen LogP contribution in [0.3, 0.4) is 0 Å². The molecule has 1 saturated carbocycles. The zero-order valence-electron chi connectivity index (χ0n) is 23.1. The van der Waals surface area contributed by atoms with Crippen LogP contribution in [-0.4, -0.2) is 40.2 Å². The number of benzene rings is 3. The number of carbonyl (C=O) groups excluding carboxylic acids is 4. The van der Waals surface area contributed by atoms with Gasteiger partial charge in [0.05, 0.1) is 28.9 Å². The number of fused-ring (bicyclic) bond motifs is 5. The number of hydrogen-bond donors (Lipinski definition) is 1. The van der Waals surface area contributed by atoms with E-state index < -0.39 is 29.1 Å². The Bertz CT molecular complexity index is 1660. The van der Waals surface area contributed by atoms with Crippen LogP contribution in [0.15, 0.2) is 78.4 Å². The minimum atomic E-state index is -1.20. The average molecular weight is 549 g/mol.